The van der Waals surface area contributed by atoms with Gasteiger partial charge in [0, 0.05) is 0 Å². The highest BCUT2D eigenvalue weighted by molar-refractivity contribution is 5.87. The van der Waals surface area contributed by atoms with Gasteiger partial charge in [-0.05, 0) is 38.5 Å². The number of carbonyl (C=O) groups excluding carboxylic acids is 2. The van der Waals surface area contributed by atoms with Crippen LogP contribution in [-0.2, 0) is 19.1 Å². The molecule has 0 radical (unpaired) electrons. The molecule has 0 aromatic rings. The summed E-state index contributed by atoms with van der Waals surface area (Å²) in [6, 6.07) is 0. The average molecular weight is 286 g/mol. The summed E-state index contributed by atoms with van der Waals surface area (Å²) in [5.74, 6) is -0.145. The van der Waals surface area contributed by atoms with E-state index >= 15 is 0 Å². The van der Waals surface area contributed by atoms with Gasteiger partial charge < -0.3 is 9.47 Å². The number of hydrogen-bond acceptors (Lipinski definition) is 4. The summed E-state index contributed by atoms with van der Waals surface area (Å²) >= 11 is 0. The number of carbonyl (C=O) groups is 2. The number of ether oxygens (including phenoxy) is 2. The van der Waals surface area contributed by atoms with Gasteiger partial charge >= 0.3 is 11.9 Å². The molecule has 0 aromatic carbocycles. The first-order valence-corrected chi connectivity index (χ1v) is 7.22. The zero-order valence-electron chi connectivity index (χ0n) is 14.2. The first-order valence-electron chi connectivity index (χ1n) is 7.22. The molecular weight excluding hydrogens is 256 g/mol. The van der Waals surface area contributed by atoms with Gasteiger partial charge in [-0.1, -0.05) is 27.7 Å². The Morgan fingerprint density at radius 3 is 1.45 bits per heavy atom. The lowest BCUT2D eigenvalue weighted by Gasteiger charge is -2.44. The molecule has 0 spiro atoms. The number of esters is 2. The second-order valence-electron chi connectivity index (χ2n) is 6.89. The molecule has 118 valence electrons. The van der Waals surface area contributed by atoms with Crippen LogP contribution in [0.3, 0.4) is 0 Å². The van der Waals surface area contributed by atoms with Crippen LogP contribution in [0.15, 0.2) is 0 Å². The van der Waals surface area contributed by atoms with Crippen LogP contribution in [0.4, 0.5) is 0 Å². The van der Waals surface area contributed by atoms with Crippen LogP contribution in [0.5, 0.6) is 0 Å². The molecule has 0 atom stereocenters. The van der Waals surface area contributed by atoms with E-state index in [1.807, 2.05) is 27.7 Å². The highest BCUT2D eigenvalue weighted by Crippen LogP contribution is 2.50. The quantitative estimate of drug-likeness (QED) is 0.673. The smallest absolute Gasteiger partial charge is 0.312 e. The summed E-state index contributed by atoms with van der Waals surface area (Å²) in [5.41, 5.74) is -1.79. The standard InChI is InChI=1S/C16H30O4/c1-11(2)9-16(10-12(3)4,14(18)20-8)15(5,6)13(17)19-7/h11-12H,9-10H2,1-8H3. The lowest BCUT2D eigenvalue weighted by molar-refractivity contribution is -0.179. The summed E-state index contributed by atoms with van der Waals surface area (Å²) in [4.78, 5) is 24.8. The van der Waals surface area contributed by atoms with E-state index in [1.165, 1.54) is 14.2 Å². The van der Waals surface area contributed by atoms with E-state index in [9.17, 15) is 9.59 Å². The minimum absolute atomic E-state index is 0.275. The SMILES string of the molecule is COC(=O)C(C)(C)C(CC(C)C)(CC(C)C)C(=O)OC. The molecule has 0 amide bonds. The van der Waals surface area contributed by atoms with Crippen molar-refractivity contribution < 1.29 is 19.1 Å². The molecule has 4 heteroatoms. The average Bonchev–Trinajstić information content (AvgIpc) is 2.34. The van der Waals surface area contributed by atoms with Crippen molar-refractivity contribution in [3.05, 3.63) is 0 Å². The zero-order chi connectivity index (χ0) is 16.1. The van der Waals surface area contributed by atoms with Crippen LogP contribution < -0.4 is 0 Å². The van der Waals surface area contributed by atoms with E-state index in [4.69, 9.17) is 9.47 Å². The van der Waals surface area contributed by atoms with Crippen LogP contribution in [0.25, 0.3) is 0 Å². The van der Waals surface area contributed by atoms with Crippen LogP contribution in [0.2, 0.25) is 0 Å². The molecule has 20 heavy (non-hydrogen) atoms. The largest absolute Gasteiger partial charge is 0.469 e. The zero-order valence-corrected chi connectivity index (χ0v) is 14.2. The monoisotopic (exact) mass is 286 g/mol. The predicted octanol–water partition coefficient (Wildman–Crippen LogP) is 3.44. The fourth-order valence-corrected chi connectivity index (χ4v) is 3.06. The summed E-state index contributed by atoms with van der Waals surface area (Å²) < 4.78 is 9.98. The summed E-state index contributed by atoms with van der Waals surface area (Å²) in [6.07, 6.45) is 1.19. The molecule has 0 bridgehead atoms. The van der Waals surface area contributed by atoms with Crippen molar-refractivity contribution in [2.45, 2.75) is 54.4 Å². The first-order chi connectivity index (χ1) is 9.05. The van der Waals surface area contributed by atoms with Gasteiger partial charge in [0.25, 0.3) is 0 Å². The maximum atomic E-state index is 12.5. The van der Waals surface area contributed by atoms with Gasteiger partial charge in [-0.2, -0.15) is 0 Å². The van der Waals surface area contributed by atoms with Crippen molar-refractivity contribution in [1.29, 1.82) is 0 Å². The Morgan fingerprint density at radius 1 is 0.850 bits per heavy atom. The van der Waals surface area contributed by atoms with Gasteiger partial charge in [0.1, 0.15) is 0 Å². The molecule has 0 rings (SSSR count). The number of hydrogen-bond donors (Lipinski definition) is 0. The Hall–Kier alpha value is -1.06. The summed E-state index contributed by atoms with van der Waals surface area (Å²) in [6.45, 7) is 11.7. The summed E-state index contributed by atoms with van der Waals surface area (Å²) in [5, 5.41) is 0. The maximum Gasteiger partial charge on any atom is 0.312 e. The molecule has 0 saturated heterocycles. The fourth-order valence-electron chi connectivity index (χ4n) is 3.06. The molecule has 0 N–H and O–H groups in total. The third-order valence-corrected chi connectivity index (χ3v) is 3.98. The van der Waals surface area contributed by atoms with Crippen molar-refractivity contribution in [2.24, 2.45) is 22.7 Å². The van der Waals surface area contributed by atoms with Crippen LogP contribution in [0, 0.1) is 22.7 Å². The van der Waals surface area contributed by atoms with E-state index in [-0.39, 0.29) is 23.8 Å². The molecule has 0 aromatic heterocycles. The molecule has 0 aliphatic heterocycles. The maximum absolute atomic E-state index is 12.5. The van der Waals surface area contributed by atoms with Gasteiger partial charge in [0.05, 0.1) is 25.0 Å². The van der Waals surface area contributed by atoms with E-state index in [0.717, 1.165) is 0 Å². The topological polar surface area (TPSA) is 52.6 Å². The number of methoxy groups -OCH3 is 2. The highest BCUT2D eigenvalue weighted by atomic mass is 16.5. The van der Waals surface area contributed by atoms with Crippen molar-refractivity contribution in [1.82, 2.24) is 0 Å². The first kappa shape index (κ1) is 18.9. The van der Waals surface area contributed by atoms with E-state index in [2.05, 4.69) is 0 Å². The van der Waals surface area contributed by atoms with E-state index < -0.39 is 10.8 Å². The molecule has 0 saturated carbocycles. The minimum Gasteiger partial charge on any atom is -0.469 e. The Balaban J connectivity index is 5.95. The lowest BCUT2D eigenvalue weighted by atomic mass is 9.58. The molecule has 0 aliphatic rings. The molecule has 0 unspecified atom stereocenters. The fraction of sp³-hybridized carbons (Fsp3) is 0.875. The van der Waals surface area contributed by atoms with Gasteiger partial charge in [0.2, 0.25) is 0 Å². The van der Waals surface area contributed by atoms with Crippen LogP contribution >= 0.6 is 0 Å². The molecule has 0 fully saturated rings. The Bertz CT molecular complexity index is 332. The second kappa shape index (κ2) is 7.09. The van der Waals surface area contributed by atoms with Crippen molar-refractivity contribution in [2.75, 3.05) is 14.2 Å². The highest BCUT2D eigenvalue weighted by Gasteiger charge is 2.56. The number of rotatable bonds is 7. The van der Waals surface area contributed by atoms with Gasteiger partial charge in [-0.15, -0.1) is 0 Å². The predicted molar refractivity (Wildman–Crippen MR) is 79.2 cm³/mol. The van der Waals surface area contributed by atoms with Crippen molar-refractivity contribution in [3.63, 3.8) is 0 Å². The minimum atomic E-state index is -0.927. The molecule has 0 aliphatic carbocycles. The normalized spacial score (nSPS) is 12.7. The van der Waals surface area contributed by atoms with Gasteiger partial charge in [0.15, 0.2) is 0 Å². The van der Waals surface area contributed by atoms with E-state index in [1.54, 1.807) is 13.8 Å². The molecular formula is C16H30O4. The Kier molecular flexibility index (Phi) is 6.72. The Morgan fingerprint density at radius 2 is 1.20 bits per heavy atom. The van der Waals surface area contributed by atoms with E-state index in [0.29, 0.717) is 12.8 Å². The van der Waals surface area contributed by atoms with Crippen LogP contribution in [0.1, 0.15) is 54.4 Å². The van der Waals surface area contributed by atoms with Crippen molar-refractivity contribution in [3.8, 4) is 0 Å². The Labute approximate surface area is 123 Å². The molecule has 4 nitrogen and oxygen atoms in total. The van der Waals surface area contributed by atoms with Gasteiger partial charge in [-0.3, -0.25) is 9.59 Å². The third-order valence-electron chi connectivity index (χ3n) is 3.98. The van der Waals surface area contributed by atoms with Gasteiger partial charge in [-0.25, -0.2) is 0 Å². The lowest BCUT2D eigenvalue weighted by Crippen LogP contribution is -2.51. The summed E-state index contributed by atoms with van der Waals surface area (Å²) in [7, 11) is 2.74. The second-order valence-corrected chi connectivity index (χ2v) is 6.89. The third kappa shape index (κ3) is 3.74. The van der Waals surface area contributed by atoms with Crippen molar-refractivity contribution >= 4 is 11.9 Å². The molecule has 0 heterocycles. The van der Waals surface area contributed by atoms with Crippen LogP contribution in [-0.4, -0.2) is 26.2 Å².